The van der Waals surface area contributed by atoms with Crippen molar-refractivity contribution in [2.75, 3.05) is 11.1 Å². The lowest BCUT2D eigenvalue weighted by molar-refractivity contribution is -0.114. The number of terminal acetylenes is 1. The van der Waals surface area contributed by atoms with Crippen molar-refractivity contribution >= 4 is 17.2 Å². The molecule has 0 bridgehead atoms. The minimum atomic E-state index is -0.380. The molecule has 2 rings (SSSR count). The number of rotatable bonds is 6. The van der Waals surface area contributed by atoms with Crippen LogP contribution in [0.4, 0.5) is 11.4 Å². The Morgan fingerprint density at radius 2 is 2.19 bits per heavy atom. The molecule has 3 heteroatoms. The van der Waals surface area contributed by atoms with Crippen molar-refractivity contribution in [3.63, 3.8) is 0 Å². The number of benzene rings is 1. The standard InChI is InChI=1S/C18H22N2O/c1-4-18(21)17(10-6-13(3)14-7-8-14)20-16-9-5-12(2)11-15(16)19/h1,5,9,11,17,20H,6-8,10,19H2,2-3H3. The second kappa shape index (κ2) is 6.49. The third kappa shape index (κ3) is 4.13. The van der Waals surface area contributed by atoms with Crippen LogP contribution >= 0.6 is 0 Å². The fourth-order valence-electron chi connectivity index (χ4n) is 2.40. The Morgan fingerprint density at radius 1 is 1.48 bits per heavy atom. The average Bonchev–Trinajstić information content (AvgIpc) is 3.29. The van der Waals surface area contributed by atoms with Gasteiger partial charge in [-0.25, -0.2) is 0 Å². The van der Waals surface area contributed by atoms with E-state index in [4.69, 9.17) is 12.2 Å². The lowest BCUT2D eigenvalue weighted by Gasteiger charge is -2.18. The molecule has 1 unspecified atom stereocenters. The second-order valence-corrected chi connectivity index (χ2v) is 5.72. The smallest absolute Gasteiger partial charge is 0.227 e. The van der Waals surface area contributed by atoms with Crippen molar-refractivity contribution in [1.29, 1.82) is 0 Å². The van der Waals surface area contributed by atoms with Gasteiger partial charge < -0.3 is 11.1 Å². The van der Waals surface area contributed by atoms with E-state index in [1.54, 1.807) is 0 Å². The van der Waals surface area contributed by atoms with E-state index in [0.717, 1.165) is 17.7 Å². The molecule has 0 spiro atoms. The molecule has 0 radical (unpaired) electrons. The van der Waals surface area contributed by atoms with E-state index in [1.165, 1.54) is 24.0 Å². The molecule has 0 heterocycles. The first kappa shape index (κ1) is 15.2. The van der Waals surface area contributed by atoms with Crippen LogP contribution in [0.5, 0.6) is 0 Å². The minimum absolute atomic E-state index is 0.219. The summed E-state index contributed by atoms with van der Waals surface area (Å²) in [5, 5.41) is 3.20. The van der Waals surface area contributed by atoms with Crippen LogP contribution in [-0.4, -0.2) is 11.8 Å². The van der Waals surface area contributed by atoms with Gasteiger partial charge >= 0.3 is 0 Å². The van der Waals surface area contributed by atoms with E-state index in [9.17, 15) is 4.79 Å². The van der Waals surface area contributed by atoms with Crippen molar-refractivity contribution in [2.24, 2.45) is 0 Å². The molecule has 1 fully saturated rings. The monoisotopic (exact) mass is 282 g/mol. The molecule has 110 valence electrons. The van der Waals surface area contributed by atoms with Crippen molar-refractivity contribution in [3.05, 3.63) is 34.9 Å². The lowest BCUT2D eigenvalue weighted by Crippen LogP contribution is -2.29. The van der Waals surface area contributed by atoms with E-state index in [2.05, 4.69) is 18.2 Å². The molecule has 0 amide bonds. The predicted octanol–water partition coefficient (Wildman–Crippen LogP) is 3.45. The van der Waals surface area contributed by atoms with Crippen LogP contribution in [-0.2, 0) is 4.79 Å². The van der Waals surface area contributed by atoms with Crippen molar-refractivity contribution < 1.29 is 4.79 Å². The maximum Gasteiger partial charge on any atom is 0.227 e. The number of aryl methyl sites for hydroxylation is 1. The van der Waals surface area contributed by atoms with Crippen LogP contribution in [0.15, 0.2) is 29.3 Å². The summed E-state index contributed by atoms with van der Waals surface area (Å²) in [7, 11) is 0. The molecule has 0 aromatic heterocycles. The number of hydrogen-bond acceptors (Lipinski definition) is 3. The molecule has 1 aromatic rings. The number of carbonyl (C=O) groups excluding carboxylic acids is 1. The van der Waals surface area contributed by atoms with Gasteiger partial charge in [-0.1, -0.05) is 17.2 Å². The Morgan fingerprint density at radius 3 is 2.76 bits per heavy atom. The van der Waals surface area contributed by atoms with Gasteiger partial charge in [0, 0.05) is 0 Å². The van der Waals surface area contributed by atoms with Crippen LogP contribution in [0.1, 0.15) is 38.2 Å². The quantitative estimate of drug-likeness (QED) is 0.364. The molecule has 0 aliphatic heterocycles. The maximum atomic E-state index is 11.9. The number of Topliss-reactive ketones (excluding diaryl/α,β-unsaturated/α-hetero) is 1. The number of allylic oxidation sites excluding steroid dienone is 2. The second-order valence-electron chi connectivity index (χ2n) is 5.72. The maximum absolute atomic E-state index is 11.9. The van der Waals surface area contributed by atoms with Gasteiger partial charge in [0.2, 0.25) is 5.78 Å². The first-order valence-electron chi connectivity index (χ1n) is 7.32. The predicted molar refractivity (Wildman–Crippen MR) is 88.0 cm³/mol. The van der Waals surface area contributed by atoms with E-state index < -0.39 is 0 Å². The molecule has 1 aliphatic rings. The summed E-state index contributed by atoms with van der Waals surface area (Å²) in [6.45, 7) is 4.12. The molecule has 3 nitrogen and oxygen atoms in total. The summed E-state index contributed by atoms with van der Waals surface area (Å²) < 4.78 is 0. The van der Waals surface area contributed by atoms with E-state index in [-0.39, 0.29) is 11.8 Å². The van der Waals surface area contributed by atoms with E-state index in [0.29, 0.717) is 12.1 Å². The number of nitrogens with one attached hydrogen (secondary N) is 1. The van der Waals surface area contributed by atoms with Gasteiger partial charge in [-0.2, -0.15) is 0 Å². The van der Waals surface area contributed by atoms with Gasteiger partial charge in [0.25, 0.3) is 0 Å². The molecule has 1 atom stereocenters. The van der Waals surface area contributed by atoms with Gasteiger partial charge in [-0.15, -0.1) is 6.42 Å². The zero-order chi connectivity index (χ0) is 15.4. The van der Waals surface area contributed by atoms with Gasteiger partial charge in [-0.3, -0.25) is 4.79 Å². The van der Waals surface area contributed by atoms with Crippen LogP contribution in [0, 0.1) is 19.3 Å². The molecule has 1 saturated carbocycles. The summed E-state index contributed by atoms with van der Waals surface area (Å²) >= 11 is 0. The van der Waals surface area contributed by atoms with Gasteiger partial charge in [0.1, 0.15) is 0 Å². The Labute approximate surface area is 126 Å². The number of hydrogen-bond donors (Lipinski definition) is 2. The largest absolute Gasteiger partial charge is 0.397 e. The van der Waals surface area contributed by atoms with Crippen LogP contribution in [0.25, 0.3) is 0 Å². The van der Waals surface area contributed by atoms with Crippen LogP contribution < -0.4 is 11.1 Å². The fraction of sp³-hybridized carbons (Fsp3) is 0.389. The van der Waals surface area contributed by atoms with Crippen molar-refractivity contribution in [1.82, 2.24) is 0 Å². The highest BCUT2D eigenvalue weighted by atomic mass is 16.1. The zero-order valence-electron chi connectivity index (χ0n) is 12.7. The fourth-order valence-corrected chi connectivity index (χ4v) is 2.40. The molecule has 0 saturated heterocycles. The highest BCUT2D eigenvalue weighted by Crippen LogP contribution is 2.33. The average molecular weight is 282 g/mol. The number of nitrogen functional groups attached to an aromatic ring is 1. The van der Waals surface area contributed by atoms with Gasteiger partial charge in [-0.05, 0) is 63.1 Å². The normalized spacial score (nSPS) is 14.2. The number of ketones is 1. The first-order valence-corrected chi connectivity index (χ1v) is 7.32. The lowest BCUT2D eigenvalue weighted by atomic mass is 10.0. The van der Waals surface area contributed by atoms with E-state index in [1.807, 2.05) is 25.1 Å². The Hall–Kier alpha value is -2.21. The molecule has 21 heavy (non-hydrogen) atoms. The number of nitrogens with two attached hydrogens (primary N) is 1. The molecular weight excluding hydrogens is 260 g/mol. The molecule has 3 N–H and O–H groups in total. The SMILES string of the molecule is C#CC(=O)C(CCC(C)=C1CC1)Nc1ccc(C)cc1N. The summed E-state index contributed by atoms with van der Waals surface area (Å²) in [4.78, 5) is 11.9. The zero-order valence-corrected chi connectivity index (χ0v) is 12.7. The van der Waals surface area contributed by atoms with Crippen LogP contribution in [0.3, 0.4) is 0 Å². The third-order valence-corrected chi connectivity index (χ3v) is 3.91. The van der Waals surface area contributed by atoms with Crippen molar-refractivity contribution in [3.8, 4) is 12.3 Å². The molecule has 1 aromatic carbocycles. The van der Waals surface area contributed by atoms with Gasteiger partial charge in [0.15, 0.2) is 0 Å². The summed E-state index contributed by atoms with van der Waals surface area (Å²) in [5.74, 6) is 2.01. The highest BCUT2D eigenvalue weighted by Gasteiger charge is 2.20. The van der Waals surface area contributed by atoms with Crippen molar-refractivity contribution in [2.45, 2.75) is 45.6 Å². The summed E-state index contributed by atoms with van der Waals surface area (Å²) in [5.41, 5.74) is 11.4. The van der Waals surface area contributed by atoms with E-state index >= 15 is 0 Å². The highest BCUT2D eigenvalue weighted by molar-refractivity contribution is 6.01. The summed E-state index contributed by atoms with van der Waals surface area (Å²) in [6, 6.07) is 5.37. The minimum Gasteiger partial charge on any atom is -0.397 e. The van der Waals surface area contributed by atoms with Gasteiger partial charge in [0.05, 0.1) is 17.4 Å². The third-order valence-electron chi connectivity index (χ3n) is 3.91. The molecular formula is C18H22N2O. The first-order chi connectivity index (χ1) is 10.0. The van der Waals surface area contributed by atoms with Crippen LogP contribution in [0.2, 0.25) is 0 Å². The molecule has 1 aliphatic carbocycles. The topological polar surface area (TPSA) is 55.1 Å². The number of anilines is 2. The number of carbonyl (C=O) groups is 1. The Kier molecular flexibility index (Phi) is 4.70. The Bertz CT molecular complexity index is 617. The Balaban J connectivity index is 2.07. The summed E-state index contributed by atoms with van der Waals surface area (Å²) in [6.07, 6.45) is 9.29.